The zero-order valence-corrected chi connectivity index (χ0v) is 20.4. The number of nitrogens with one attached hydrogen (secondary N) is 1. The van der Waals surface area contributed by atoms with Crippen LogP contribution in [0.15, 0.2) is 42.5 Å². The molecule has 1 aromatic heterocycles. The number of alkyl halides is 3. The summed E-state index contributed by atoms with van der Waals surface area (Å²) < 4.78 is 65.7. The monoisotopic (exact) mass is 537 g/mol. The molecular weight excluding hydrogens is 513 g/mol. The second kappa shape index (κ2) is 10.8. The average molecular weight is 537 g/mol. The lowest BCUT2D eigenvalue weighted by Crippen LogP contribution is -2.47. The first-order valence-electron chi connectivity index (χ1n) is 11.7. The van der Waals surface area contributed by atoms with E-state index >= 15 is 0 Å². The Kier molecular flexibility index (Phi) is 7.65. The van der Waals surface area contributed by atoms with E-state index in [1.165, 1.54) is 0 Å². The van der Waals surface area contributed by atoms with E-state index in [1.807, 2.05) is 43.3 Å². The standard InChI is InChI=1S/C25H24F5N5O3/c1-34(2)21-17-5-3-4-6-20(17)32-24(33-21)31-15-8-10-16(11-9-15)35(38-23(37)25(28,29)30)22(36)14-7-12-18(26)19(27)13-14/h3-7,12-13,15-16H,8-11H2,1-2H3,(H,31,32,33). The number of halogens is 5. The first kappa shape index (κ1) is 27.0. The predicted octanol–water partition coefficient (Wildman–Crippen LogP) is 4.86. The Morgan fingerprint density at radius 3 is 2.29 bits per heavy atom. The molecule has 0 unspecified atom stereocenters. The minimum absolute atomic E-state index is 0.159. The SMILES string of the molecule is CN(C)c1nc(NC2CCC(N(OC(=O)C(F)(F)F)C(=O)c3ccc(F)c(F)c3)CC2)nc2ccccc12. The Bertz CT molecular complexity index is 1340. The molecule has 0 bridgehead atoms. The van der Waals surface area contributed by atoms with Crippen molar-refractivity contribution in [2.45, 2.75) is 43.9 Å². The third-order valence-corrected chi connectivity index (χ3v) is 6.15. The summed E-state index contributed by atoms with van der Waals surface area (Å²) in [5, 5.41) is 4.42. The summed E-state index contributed by atoms with van der Waals surface area (Å²) in [4.78, 5) is 39.9. The summed E-state index contributed by atoms with van der Waals surface area (Å²) in [6, 6.07) is 8.50. The van der Waals surface area contributed by atoms with Crippen molar-refractivity contribution in [1.82, 2.24) is 15.0 Å². The van der Waals surface area contributed by atoms with Crippen molar-refractivity contribution in [1.29, 1.82) is 0 Å². The maximum absolute atomic E-state index is 13.7. The first-order valence-corrected chi connectivity index (χ1v) is 11.7. The van der Waals surface area contributed by atoms with Crippen molar-refractivity contribution in [3.05, 3.63) is 59.7 Å². The molecule has 0 radical (unpaired) electrons. The van der Waals surface area contributed by atoms with Crippen molar-refractivity contribution in [2.75, 3.05) is 24.3 Å². The number of hydrogen-bond acceptors (Lipinski definition) is 7. The fraction of sp³-hybridized carbons (Fsp3) is 0.360. The number of anilines is 2. The quantitative estimate of drug-likeness (QED) is 0.368. The van der Waals surface area contributed by atoms with Crippen molar-refractivity contribution in [2.24, 2.45) is 0 Å². The lowest BCUT2D eigenvalue weighted by molar-refractivity contribution is -0.235. The van der Waals surface area contributed by atoms with E-state index in [0.29, 0.717) is 41.8 Å². The van der Waals surface area contributed by atoms with E-state index < -0.39 is 41.3 Å². The summed E-state index contributed by atoms with van der Waals surface area (Å²) in [5.74, 6) is -5.30. The van der Waals surface area contributed by atoms with E-state index in [2.05, 4.69) is 20.1 Å². The number of carbonyl (C=O) groups excluding carboxylic acids is 2. The van der Waals surface area contributed by atoms with Crippen molar-refractivity contribution < 1.29 is 36.4 Å². The summed E-state index contributed by atoms with van der Waals surface area (Å²) in [5.41, 5.74) is 0.268. The van der Waals surface area contributed by atoms with Gasteiger partial charge in [-0.15, -0.1) is 0 Å². The average Bonchev–Trinajstić information content (AvgIpc) is 2.87. The molecule has 0 aliphatic heterocycles. The molecular formula is C25H24F5N5O3. The Morgan fingerprint density at radius 1 is 0.974 bits per heavy atom. The van der Waals surface area contributed by atoms with Crippen LogP contribution in [0.1, 0.15) is 36.0 Å². The van der Waals surface area contributed by atoms with Gasteiger partial charge in [0.2, 0.25) is 5.95 Å². The number of benzene rings is 2. The Hall–Kier alpha value is -4.03. The second-order valence-corrected chi connectivity index (χ2v) is 9.07. The van der Waals surface area contributed by atoms with Gasteiger partial charge in [0.15, 0.2) is 11.6 Å². The number of hydroxylamine groups is 2. The van der Waals surface area contributed by atoms with E-state index in [1.54, 1.807) is 0 Å². The zero-order valence-electron chi connectivity index (χ0n) is 20.4. The topological polar surface area (TPSA) is 87.7 Å². The van der Waals surface area contributed by atoms with Crippen LogP contribution in [0.4, 0.5) is 33.7 Å². The van der Waals surface area contributed by atoms with Crippen LogP contribution in [-0.2, 0) is 9.63 Å². The van der Waals surface area contributed by atoms with Gasteiger partial charge in [-0.05, 0) is 56.0 Å². The van der Waals surface area contributed by atoms with Crippen LogP contribution >= 0.6 is 0 Å². The number of fused-ring (bicyclic) bond motifs is 1. The second-order valence-electron chi connectivity index (χ2n) is 9.07. The maximum atomic E-state index is 13.7. The van der Waals surface area contributed by atoms with Gasteiger partial charge in [-0.1, -0.05) is 12.1 Å². The van der Waals surface area contributed by atoms with Crippen LogP contribution < -0.4 is 10.2 Å². The van der Waals surface area contributed by atoms with Crippen LogP contribution in [0, 0.1) is 11.6 Å². The highest BCUT2D eigenvalue weighted by atomic mass is 19.4. The molecule has 202 valence electrons. The molecule has 1 amide bonds. The molecule has 1 aliphatic carbocycles. The van der Waals surface area contributed by atoms with Gasteiger partial charge in [-0.25, -0.2) is 18.6 Å². The lowest BCUT2D eigenvalue weighted by atomic mass is 9.90. The number of carbonyl (C=O) groups is 2. The number of rotatable bonds is 5. The third kappa shape index (κ3) is 5.92. The van der Waals surface area contributed by atoms with Gasteiger partial charge in [-0.2, -0.15) is 23.2 Å². The van der Waals surface area contributed by atoms with E-state index in [-0.39, 0.29) is 18.9 Å². The van der Waals surface area contributed by atoms with E-state index in [9.17, 15) is 31.5 Å². The number of hydrogen-bond donors (Lipinski definition) is 1. The molecule has 0 saturated heterocycles. The Morgan fingerprint density at radius 2 is 1.66 bits per heavy atom. The Balaban J connectivity index is 1.50. The normalized spacial score (nSPS) is 17.7. The van der Waals surface area contributed by atoms with Gasteiger partial charge in [0, 0.05) is 31.1 Å². The van der Waals surface area contributed by atoms with Crippen LogP contribution in [0.3, 0.4) is 0 Å². The van der Waals surface area contributed by atoms with Crippen molar-refractivity contribution in [3.8, 4) is 0 Å². The highest BCUT2D eigenvalue weighted by Gasteiger charge is 2.45. The molecule has 1 fully saturated rings. The molecule has 1 N–H and O–H groups in total. The number of para-hydroxylation sites is 1. The molecule has 13 heteroatoms. The summed E-state index contributed by atoms with van der Waals surface area (Å²) in [7, 11) is 3.70. The van der Waals surface area contributed by atoms with Crippen LogP contribution in [-0.4, -0.2) is 59.3 Å². The lowest BCUT2D eigenvalue weighted by Gasteiger charge is -2.35. The molecule has 1 aliphatic rings. The fourth-order valence-electron chi connectivity index (χ4n) is 4.28. The van der Waals surface area contributed by atoms with E-state index in [4.69, 9.17) is 0 Å². The van der Waals surface area contributed by atoms with Gasteiger partial charge in [0.25, 0.3) is 5.91 Å². The van der Waals surface area contributed by atoms with Gasteiger partial charge >= 0.3 is 12.1 Å². The molecule has 1 heterocycles. The molecule has 38 heavy (non-hydrogen) atoms. The van der Waals surface area contributed by atoms with Crippen molar-refractivity contribution in [3.63, 3.8) is 0 Å². The molecule has 3 aromatic rings. The molecule has 1 saturated carbocycles. The Labute approximate surface area is 214 Å². The zero-order chi connectivity index (χ0) is 27.6. The highest BCUT2D eigenvalue weighted by Crippen LogP contribution is 2.30. The largest absolute Gasteiger partial charge is 0.493 e. The molecule has 8 nitrogen and oxygen atoms in total. The number of nitrogens with zero attached hydrogens (tertiary/aromatic N) is 4. The summed E-state index contributed by atoms with van der Waals surface area (Å²) in [6.07, 6.45) is -4.28. The van der Waals surface area contributed by atoms with Gasteiger partial charge < -0.3 is 15.1 Å². The first-order chi connectivity index (χ1) is 17.9. The highest BCUT2D eigenvalue weighted by molar-refractivity contribution is 5.94. The maximum Gasteiger partial charge on any atom is 0.493 e. The molecule has 0 spiro atoms. The van der Waals surface area contributed by atoms with Gasteiger partial charge in [0.05, 0.1) is 11.6 Å². The van der Waals surface area contributed by atoms with Crippen LogP contribution in [0.5, 0.6) is 0 Å². The van der Waals surface area contributed by atoms with Crippen molar-refractivity contribution >= 4 is 34.5 Å². The molecule has 4 rings (SSSR count). The molecule has 0 atom stereocenters. The van der Waals surface area contributed by atoms with Crippen LogP contribution in [0.25, 0.3) is 10.9 Å². The smallest absolute Gasteiger partial charge is 0.362 e. The number of amides is 1. The third-order valence-electron chi connectivity index (χ3n) is 6.15. The van der Waals surface area contributed by atoms with E-state index in [0.717, 1.165) is 17.0 Å². The fourth-order valence-corrected chi connectivity index (χ4v) is 4.28. The summed E-state index contributed by atoms with van der Waals surface area (Å²) >= 11 is 0. The van der Waals surface area contributed by atoms with Crippen LogP contribution in [0.2, 0.25) is 0 Å². The molecule has 2 aromatic carbocycles. The summed E-state index contributed by atoms with van der Waals surface area (Å²) in [6.45, 7) is 0. The minimum Gasteiger partial charge on any atom is -0.362 e. The minimum atomic E-state index is -5.36. The van der Waals surface area contributed by atoms with Gasteiger partial charge in [-0.3, -0.25) is 4.79 Å². The number of aromatic nitrogens is 2. The predicted molar refractivity (Wildman–Crippen MR) is 128 cm³/mol. The van der Waals surface area contributed by atoms with Gasteiger partial charge in [0.1, 0.15) is 5.82 Å².